The van der Waals surface area contributed by atoms with E-state index in [1.54, 1.807) is 7.11 Å². The van der Waals surface area contributed by atoms with Gasteiger partial charge in [0.2, 0.25) is 0 Å². The molecule has 1 N–H and O–H groups in total. The Kier molecular flexibility index (Phi) is 4.41. The zero-order valence-electron chi connectivity index (χ0n) is 14.5. The maximum atomic E-state index is 5.15. The summed E-state index contributed by atoms with van der Waals surface area (Å²) in [5.74, 6) is 4.82. The molecule has 2 heterocycles. The third-order valence-electron chi connectivity index (χ3n) is 6.42. The van der Waals surface area contributed by atoms with Gasteiger partial charge in [0.1, 0.15) is 12.4 Å². The van der Waals surface area contributed by atoms with E-state index in [0.717, 1.165) is 42.4 Å². The molecular formula is C18H30N4O. The molecule has 128 valence electrons. The van der Waals surface area contributed by atoms with E-state index in [4.69, 9.17) is 4.74 Å². The van der Waals surface area contributed by atoms with Crippen molar-refractivity contribution >= 4 is 0 Å². The normalized spacial score (nSPS) is 34.3. The third kappa shape index (κ3) is 3.18. The Morgan fingerprint density at radius 3 is 2.78 bits per heavy atom. The van der Waals surface area contributed by atoms with Gasteiger partial charge < -0.3 is 10.1 Å². The van der Waals surface area contributed by atoms with Crippen LogP contribution in [0.25, 0.3) is 0 Å². The second kappa shape index (κ2) is 6.52. The number of nitrogens with one attached hydrogen (secondary N) is 1. The van der Waals surface area contributed by atoms with Crippen molar-refractivity contribution < 1.29 is 4.74 Å². The predicted molar refractivity (Wildman–Crippen MR) is 89.0 cm³/mol. The lowest BCUT2D eigenvalue weighted by Crippen LogP contribution is -2.49. The average Bonchev–Trinajstić information content (AvgIpc) is 2.98. The Balaban J connectivity index is 1.36. The molecule has 1 aliphatic heterocycles. The molecule has 5 nitrogen and oxygen atoms in total. The van der Waals surface area contributed by atoms with Crippen LogP contribution in [0.5, 0.6) is 0 Å². The molecule has 5 heteroatoms. The summed E-state index contributed by atoms with van der Waals surface area (Å²) in [5.41, 5.74) is 0. The number of rotatable bonds is 5. The highest BCUT2D eigenvalue weighted by Crippen LogP contribution is 2.46. The molecule has 0 aromatic carbocycles. The zero-order valence-corrected chi connectivity index (χ0v) is 14.5. The topological polar surface area (TPSA) is 52.0 Å². The van der Waals surface area contributed by atoms with E-state index in [1.165, 1.54) is 38.5 Å². The molecule has 0 amide bonds. The Morgan fingerprint density at radius 2 is 2.09 bits per heavy atom. The lowest BCUT2D eigenvalue weighted by Gasteiger charge is -2.46. The molecule has 4 aliphatic rings. The van der Waals surface area contributed by atoms with Crippen molar-refractivity contribution in [1.29, 1.82) is 0 Å². The predicted octanol–water partition coefficient (Wildman–Crippen LogP) is 2.54. The van der Waals surface area contributed by atoms with Gasteiger partial charge in [0.15, 0.2) is 5.82 Å². The van der Waals surface area contributed by atoms with Crippen molar-refractivity contribution in [3.05, 3.63) is 11.6 Å². The number of methoxy groups -OCH3 is 1. The second-order valence-corrected chi connectivity index (χ2v) is 7.93. The summed E-state index contributed by atoms with van der Waals surface area (Å²) >= 11 is 0. The fraction of sp³-hybridized carbons (Fsp3) is 0.889. The van der Waals surface area contributed by atoms with Crippen LogP contribution < -0.4 is 5.32 Å². The molecule has 5 rings (SSSR count). The number of aryl methyl sites for hydroxylation is 1. The highest BCUT2D eigenvalue weighted by molar-refractivity contribution is 4.99. The van der Waals surface area contributed by atoms with Crippen molar-refractivity contribution in [2.24, 2.45) is 17.8 Å². The van der Waals surface area contributed by atoms with E-state index < -0.39 is 0 Å². The Labute approximate surface area is 139 Å². The van der Waals surface area contributed by atoms with Crippen LogP contribution >= 0.6 is 0 Å². The van der Waals surface area contributed by atoms with Gasteiger partial charge in [-0.25, -0.2) is 9.67 Å². The van der Waals surface area contributed by atoms with Gasteiger partial charge >= 0.3 is 0 Å². The average molecular weight is 318 g/mol. The van der Waals surface area contributed by atoms with Crippen LogP contribution in [0, 0.1) is 17.8 Å². The van der Waals surface area contributed by atoms with Gasteiger partial charge in [0.25, 0.3) is 0 Å². The first-order chi connectivity index (χ1) is 11.2. The summed E-state index contributed by atoms with van der Waals surface area (Å²) < 4.78 is 7.24. The van der Waals surface area contributed by atoms with E-state index in [2.05, 4.69) is 27.0 Å². The first-order valence-corrected chi connectivity index (χ1v) is 9.40. The monoisotopic (exact) mass is 318 g/mol. The van der Waals surface area contributed by atoms with Crippen LogP contribution in [-0.4, -0.2) is 34.0 Å². The molecule has 3 fully saturated rings. The highest BCUT2D eigenvalue weighted by atomic mass is 16.5. The van der Waals surface area contributed by atoms with Gasteiger partial charge in [-0.05, 0) is 50.4 Å². The molecule has 1 aromatic heterocycles. The maximum Gasteiger partial charge on any atom is 0.176 e. The second-order valence-electron chi connectivity index (χ2n) is 7.93. The van der Waals surface area contributed by atoms with E-state index in [1.807, 2.05) is 0 Å². The molecule has 23 heavy (non-hydrogen) atoms. The smallest absolute Gasteiger partial charge is 0.176 e. The largest absolute Gasteiger partial charge is 0.377 e. The van der Waals surface area contributed by atoms with Crippen molar-refractivity contribution in [3.63, 3.8) is 0 Å². The summed E-state index contributed by atoms with van der Waals surface area (Å²) in [4.78, 5) is 4.57. The molecule has 3 aliphatic carbocycles. The number of nitrogens with zero attached hydrogens (tertiary/aromatic N) is 3. The molecule has 0 radical (unpaired) electrons. The molecule has 3 atom stereocenters. The molecule has 0 saturated heterocycles. The maximum absolute atomic E-state index is 5.15. The minimum absolute atomic E-state index is 0.514. The van der Waals surface area contributed by atoms with Crippen LogP contribution in [0.3, 0.4) is 0 Å². The van der Waals surface area contributed by atoms with Crippen molar-refractivity contribution in [2.45, 2.75) is 77.1 Å². The van der Waals surface area contributed by atoms with Crippen molar-refractivity contribution in [2.75, 3.05) is 7.11 Å². The fourth-order valence-corrected chi connectivity index (χ4v) is 5.22. The van der Waals surface area contributed by atoms with Crippen molar-refractivity contribution in [3.8, 4) is 0 Å². The minimum Gasteiger partial charge on any atom is -0.377 e. The Morgan fingerprint density at radius 1 is 1.26 bits per heavy atom. The lowest BCUT2D eigenvalue weighted by molar-refractivity contribution is 0.0697. The zero-order chi connectivity index (χ0) is 15.8. The van der Waals surface area contributed by atoms with E-state index in [-0.39, 0.29) is 0 Å². The van der Waals surface area contributed by atoms with Gasteiger partial charge in [-0.1, -0.05) is 12.8 Å². The van der Waals surface area contributed by atoms with Crippen LogP contribution in [0.4, 0.5) is 0 Å². The SMILES string of the molecule is COCc1nc2n(n1)CC(NC(C)C1CC3CCC1CC3)CC2. The molecular weight excluding hydrogens is 288 g/mol. The number of hydrogen-bond donors (Lipinski definition) is 1. The summed E-state index contributed by atoms with van der Waals surface area (Å²) in [6, 6.07) is 1.17. The van der Waals surface area contributed by atoms with Crippen molar-refractivity contribution in [1.82, 2.24) is 20.1 Å². The number of ether oxygens (including phenoxy) is 1. The van der Waals surface area contributed by atoms with E-state index >= 15 is 0 Å². The Hall–Kier alpha value is -0.940. The summed E-state index contributed by atoms with van der Waals surface area (Å²) in [6.07, 6.45) is 9.58. The highest BCUT2D eigenvalue weighted by Gasteiger charge is 2.38. The number of fused-ring (bicyclic) bond motifs is 4. The first kappa shape index (κ1) is 15.6. The summed E-state index contributed by atoms with van der Waals surface area (Å²) in [6.45, 7) is 3.88. The molecule has 2 bridgehead atoms. The lowest BCUT2D eigenvalue weighted by atomic mass is 9.63. The molecule has 3 unspecified atom stereocenters. The van der Waals surface area contributed by atoms with Gasteiger partial charge in [0, 0.05) is 25.6 Å². The standard InChI is InChI=1S/C18H30N4O/c1-12(16-9-13-3-5-14(16)6-4-13)19-15-7-8-18-20-17(11-23-2)21-22(18)10-15/h12-16,19H,3-11H2,1-2H3. The van der Waals surface area contributed by atoms with Gasteiger partial charge in [0.05, 0.1) is 6.54 Å². The van der Waals surface area contributed by atoms with E-state index in [0.29, 0.717) is 18.7 Å². The minimum atomic E-state index is 0.514. The van der Waals surface area contributed by atoms with Gasteiger partial charge in [-0.2, -0.15) is 5.10 Å². The summed E-state index contributed by atoms with van der Waals surface area (Å²) in [5, 5.41) is 8.52. The molecule has 1 aromatic rings. The van der Waals surface area contributed by atoms with Crippen LogP contribution in [0.1, 0.15) is 57.1 Å². The number of aromatic nitrogens is 3. The molecule has 3 saturated carbocycles. The third-order valence-corrected chi connectivity index (χ3v) is 6.42. The molecule has 0 spiro atoms. The van der Waals surface area contributed by atoms with Crippen LogP contribution in [-0.2, 0) is 24.3 Å². The van der Waals surface area contributed by atoms with Gasteiger partial charge in [-0.3, -0.25) is 0 Å². The van der Waals surface area contributed by atoms with Gasteiger partial charge in [-0.15, -0.1) is 0 Å². The number of hydrogen-bond acceptors (Lipinski definition) is 4. The van der Waals surface area contributed by atoms with Crippen LogP contribution in [0.2, 0.25) is 0 Å². The first-order valence-electron chi connectivity index (χ1n) is 9.40. The Bertz CT molecular complexity index is 535. The quantitative estimate of drug-likeness (QED) is 0.906. The summed E-state index contributed by atoms with van der Waals surface area (Å²) in [7, 11) is 1.70. The van der Waals surface area contributed by atoms with E-state index in [9.17, 15) is 0 Å². The van der Waals surface area contributed by atoms with Crippen LogP contribution in [0.15, 0.2) is 0 Å². The fourth-order valence-electron chi connectivity index (χ4n) is 5.22.